The lowest BCUT2D eigenvalue weighted by Gasteiger charge is -2.47. The van der Waals surface area contributed by atoms with Crippen molar-refractivity contribution >= 4 is 5.91 Å². The Bertz CT molecular complexity index is 548. The lowest BCUT2D eigenvalue weighted by molar-refractivity contribution is -0.149. The molecular weight excluding hydrogens is 284 g/mol. The fourth-order valence-electron chi connectivity index (χ4n) is 4.80. The number of nitrogens with one attached hydrogen (secondary N) is 1. The van der Waals surface area contributed by atoms with E-state index in [2.05, 4.69) is 40.5 Å². The maximum Gasteiger partial charge on any atom is 0.229 e. The average molecular weight is 312 g/mol. The first-order valence-electron chi connectivity index (χ1n) is 9.26. The number of carbonyl (C=O) groups excluding carboxylic acids is 1. The number of hydrogen-bond acceptors (Lipinski definition) is 2. The summed E-state index contributed by atoms with van der Waals surface area (Å²) in [6.45, 7) is 4.25. The molecule has 3 aliphatic rings. The second-order valence-corrected chi connectivity index (χ2v) is 8.02. The molecule has 0 unspecified atom stereocenters. The van der Waals surface area contributed by atoms with Crippen LogP contribution >= 0.6 is 0 Å². The number of carbonyl (C=O) groups is 1. The van der Waals surface area contributed by atoms with Crippen molar-refractivity contribution in [2.24, 2.45) is 10.8 Å². The average Bonchev–Trinajstić information content (AvgIpc) is 3.00. The third kappa shape index (κ3) is 2.80. The van der Waals surface area contributed by atoms with Crippen molar-refractivity contribution in [3.63, 3.8) is 0 Å². The van der Waals surface area contributed by atoms with Gasteiger partial charge in [0.25, 0.3) is 0 Å². The molecule has 3 nitrogen and oxygen atoms in total. The van der Waals surface area contributed by atoms with Crippen LogP contribution in [0.4, 0.5) is 0 Å². The lowest BCUT2D eigenvalue weighted by Crippen LogP contribution is -2.53. The van der Waals surface area contributed by atoms with Crippen LogP contribution in [-0.4, -0.2) is 37.0 Å². The van der Waals surface area contributed by atoms with Crippen LogP contribution in [0.3, 0.4) is 0 Å². The standard InChI is InChI=1S/C20H28N2O/c23-18(22-13-10-19(11-14-22)9-12-21-16-19)20(7-4-8-20)15-17-5-2-1-3-6-17/h1-3,5-6,21H,4,7-16H2. The molecule has 0 aromatic heterocycles. The van der Waals surface area contributed by atoms with E-state index < -0.39 is 0 Å². The van der Waals surface area contributed by atoms with Gasteiger partial charge in [0.15, 0.2) is 0 Å². The number of amides is 1. The Kier molecular flexibility index (Phi) is 3.92. The molecule has 1 amide bonds. The molecule has 2 aliphatic heterocycles. The first-order chi connectivity index (χ1) is 11.2. The van der Waals surface area contributed by atoms with Gasteiger partial charge in [-0.25, -0.2) is 0 Å². The van der Waals surface area contributed by atoms with Crippen molar-refractivity contribution in [1.29, 1.82) is 0 Å². The van der Waals surface area contributed by atoms with Gasteiger partial charge in [0.1, 0.15) is 0 Å². The fraction of sp³-hybridized carbons (Fsp3) is 0.650. The molecule has 1 aromatic rings. The lowest BCUT2D eigenvalue weighted by atomic mass is 9.64. The van der Waals surface area contributed by atoms with Gasteiger partial charge >= 0.3 is 0 Å². The smallest absolute Gasteiger partial charge is 0.229 e. The van der Waals surface area contributed by atoms with Gasteiger partial charge in [-0.05, 0) is 56.0 Å². The molecule has 1 N–H and O–H groups in total. The van der Waals surface area contributed by atoms with Gasteiger partial charge in [-0.15, -0.1) is 0 Å². The Morgan fingerprint density at radius 1 is 1.04 bits per heavy atom. The Labute approximate surface area is 139 Å². The zero-order valence-electron chi connectivity index (χ0n) is 14.0. The van der Waals surface area contributed by atoms with Crippen LogP contribution in [0.1, 0.15) is 44.1 Å². The predicted octanol–water partition coefficient (Wildman–Crippen LogP) is 3.00. The number of benzene rings is 1. The molecule has 2 heterocycles. The highest BCUT2D eigenvalue weighted by molar-refractivity contribution is 5.84. The summed E-state index contributed by atoms with van der Waals surface area (Å²) in [7, 11) is 0. The zero-order chi connectivity index (χ0) is 15.8. The van der Waals surface area contributed by atoms with Crippen LogP contribution in [0.25, 0.3) is 0 Å². The van der Waals surface area contributed by atoms with E-state index in [-0.39, 0.29) is 5.41 Å². The molecule has 124 valence electrons. The van der Waals surface area contributed by atoms with Crippen LogP contribution in [0.5, 0.6) is 0 Å². The molecule has 1 aliphatic carbocycles. The molecule has 23 heavy (non-hydrogen) atoms. The van der Waals surface area contributed by atoms with Crippen LogP contribution in [0.15, 0.2) is 30.3 Å². The van der Waals surface area contributed by atoms with Gasteiger partial charge in [0.05, 0.1) is 5.41 Å². The minimum atomic E-state index is -0.0974. The molecule has 0 bridgehead atoms. The normalized spacial score (nSPS) is 25.3. The first-order valence-corrected chi connectivity index (χ1v) is 9.26. The monoisotopic (exact) mass is 312 g/mol. The summed E-state index contributed by atoms with van der Waals surface area (Å²) in [5.41, 5.74) is 1.71. The largest absolute Gasteiger partial charge is 0.342 e. The number of nitrogens with zero attached hydrogens (tertiary/aromatic N) is 1. The Morgan fingerprint density at radius 3 is 2.35 bits per heavy atom. The Morgan fingerprint density at radius 2 is 1.78 bits per heavy atom. The van der Waals surface area contributed by atoms with Crippen molar-refractivity contribution in [2.45, 2.75) is 44.9 Å². The van der Waals surface area contributed by atoms with E-state index in [1.165, 1.54) is 31.2 Å². The van der Waals surface area contributed by atoms with E-state index in [0.29, 0.717) is 11.3 Å². The molecule has 0 atom stereocenters. The number of likely N-dealkylation sites (tertiary alicyclic amines) is 1. The Balaban J connectivity index is 1.43. The highest BCUT2D eigenvalue weighted by atomic mass is 16.2. The van der Waals surface area contributed by atoms with Gasteiger partial charge in [0.2, 0.25) is 5.91 Å². The van der Waals surface area contributed by atoms with E-state index in [1.807, 2.05) is 0 Å². The van der Waals surface area contributed by atoms with Crippen LogP contribution < -0.4 is 5.32 Å². The summed E-state index contributed by atoms with van der Waals surface area (Å²) in [6.07, 6.45) is 7.95. The van der Waals surface area contributed by atoms with Gasteiger partial charge in [-0.2, -0.15) is 0 Å². The van der Waals surface area contributed by atoms with E-state index in [9.17, 15) is 4.79 Å². The maximum atomic E-state index is 13.2. The second kappa shape index (κ2) is 5.94. The molecule has 4 rings (SSSR count). The molecular formula is C20H28N2O. The van der Waals surface area contributed by atoms with Gasteiger partial charge in [0, 0.05) is 19.6 Å². The summed E-state index contributed by atoms with van der Waals surface area (Å²) in [6, 6.07) is 10.6. The van der Waals surface area contributed by atoms with Crippen molar-refractivity contribution in [3.8, 4) is 0 Å². The molecule has 0 radical (unpaired) electrons. The molecule has 1 aromatic carbocycles. The topological polar surface area (TPSA) is 32.3 Å². The summed E-state index contributed by atoms with van der Waals surface area (Å²) in [5, 5.41) is 3.51. The Hall–Kier alpha value is -1.35. The molecule has 3 heteroatoms. The van der Waals surface area contributed by atoms with E-state index >= 15 is 0 Å². The summed E-state index contributed by atoms with van der Waals surface area (Å²) in [5.74, 6) is 0.438. The van der Waals surface area contributed by atoms with Gasteiger partial charge in [-0.1, -0.05) is 36.8 Å². The van der Waals surface area contributed by atoms with Crippen molar-refractivity contribution in [3.05, 3.63) is 35.9 Å². The molecule has 1 spiro atoms. The van der Waals surface area contributed by atoms with Crippen LogP contribution in [-0.2, 0) is 11.2 Å². The number of rotatable bonds is 3. The summed E-state index contributed by atoms with van der Waals surface area (Å²) >= 11 is 0. The van der Waals surface area contributed by atoms with Gasteiger partial charge in [-0.3, -0.25) is 4.79 Å². The third-order valence-electron chi connectivity index (χ3n) is 6.59. The number of piperidine rings is 1. The minimum absolute atomic E-state index is 0.0974. The highest BCUT2D eigenvalue weighted by Gasteiger charge is 2.48. The first kappa shape index (κ1) is 15.2. The number of hydrogen-bond donors (Lipinski definition) is 1. The third-order valence-corrected chi connectivity index (χ3v) is 6.59. The van der Waals surface area contributed by atoms with Crippen LogP contribution in [0, 0.1) is 10.8 Å². The van der Waals surface area contributed by atoms with Gasteiger partial charge < -0.3 is 10.2 Å². The maximum absolute atomic E-state index is 13.2. The summed E-state index contributed by atoms with van der Waals surface area (Å²) < 4.78 is 0. The quantitative estimate of drug-likeness (QED) is 0.930. The van der Waals surface area contributed by atoms with Crippen molar-refractivity contribution in [1.82, 2.24) is 10.2 Å². The molecule has 2 saturated heterocycles. The molecule has 1 saturated carbocycles. The highest BCUT2D eigenvalue weighted by Crippen LogP contribution is 2.46. The predicted molar refractivity (Wildman–Crippen MR) is 92.2 cm³/mol. The van der Waals surface area contributed by atoms with Crippen molar-refractivity contribution < 1.29 is 4.79 Å². The van der Waals surface area contributed by atoms with E-state index in [0.717, 1.165) is 45.4 Å². The SMILES string of the molecule is O=C(N1CCC2(CCNC2)CC1)C1(Cc2ccccc2)CCC1. The van der Waals surface area contributed by atoms with Crippen molar-refractivity contribution in [2.75, 3.05) is 26.2 Å². The second-order valence-electron chi connectivity index (χ2n) is 8.02. The minimum Gasteiger partial charge on any atom is -0.342 e. The van der Waals surface area contributed by atoms with Crippen LogP contribution in [0.2, 0.25) is 0 Å². The zero-order valence-corrected chi connectivity index (χ0v) is 14.0. The van der Waals surface area contributed by atoms with E-state index in [4.69, 9.17) is 0 Å². The fourth-order valence-corrected chi connectivity index (χ4v) is 4.80. The van der Waals surface area contributed by atoms with E-state index in [1.54, 1.807) is 0 Å². The molecule has 3 fully saturated rings. The summed E-state index contributed by atoms with van der Waals surface area (Å²) in [4.78, 5) is 15.4.